The zero-order valence-electron chi connectivity index (χ0n) is 2.36. The van der Waals surface area contributed by atoms with Crippen molar-refractivity contribution < 1.29 is 37.8 Å². The van der Waals surface area contributed by atoms with Crippen molar-refractivity contribution in [3.8, 4) is 4.66 Å². The Hall–Kier alpha value is 0.737. The van der Waals surface area contributed by atoms with Gasteiger partial charge in [0.1, 0.15) is 0 Å². The van der Waals surface area contributed by atoms with E-state index in [4.69, 9.17) is 5.26 Å². The van der Waals surface area contributed by atoms with Crippen LogP contribution in [0.2, 0.25) is 0 Å². The van der Waals surface area contributed by atoms with Crippen molar-refractivity contribution in [1.82, 2.24) is 0 Å². The topological polar surface area (TPSA) is 23.8 Å². The molecule has 3 heteroatoms. The fourth-order valence-electron chi connectivity index (χ4n) is 0. The van der Waals surface area contributed by atoms with E-state index < -0.39 is 0 Å². The first-order valence-corrected chi connectivity index (χ1v) is 2.06. The van der Waals surface area contributed by atoms with Crippen LogP contribution in [0.5, 0.6) is 0 Å². The molecule has 0 spiro atoms. The number of hydrogen-bond acceptors (Lipinski definition) is 1. The van der Waals surface area contributed by atoms with Gasteiger partial charge in [0.15, 0.2) is 0 Å². The summed E-state index contributed by atoms with van der Waals surface area (Å²) in [6.07, 6.45) is 0. The third-order valence-corrected chi connectivity index (χ3v) is 0. The number of hydrogen-bond donors (Lipinski definition) is 0. The fourth-order valence-corrected chi connectivity index (χ4v) is 0. The first-order valence-electron chi connectivity index (χ1n) is 0.577. The standard InChI is InChI=1S/CN.2Zn/c1-2;;. The predicted molar refractivity (Wildman–Crippen MR) is 5.61 cm³/mol. The van der Waals surface area contributed by atoms with Gasteiger partial charge in [0.05, 0.1) is 0 Å². The fraction of sp³-hybridized carbons (Fsp3) is 0. The van der Waals surface area contributed by atoms with Crippen molar-refractivity contribution in [2.45, 2.75) is 0 Å². The van der Waals surface area contributed by atoms with E-state index in [9.17, 15) is 0 Å². The van der Waals surface area contributed by atoms with Crippen LogP contribution in [0.25, 0.3) is 0 Å². The minimum absolute atomic E-state index is 0. The molecule has 0 heterocycles. The molecule has 0 aromatic carbocycles. The largest absolute Gasteiger partial charge is 0 e. The molecule has 0 saturated heterocycles. The van der Waals surface area contributed by atoms with Gasteiger partial charge in [-0.05, 0) is 0 Å². The van der Waals surface area contributed by atoms with Crippen LogP contribution in [0.1, 0.15) is 0 Å². The van der Waals surface area contributed by atoms with Gasteiger partial charge in [0, 0.05) is 19.5 Å². The molecule has 0 amide bonds. The van der Waals surface area contributed by atoms with Gasteiger partial charge in [-0.3, -0.25) is 0 Å². The van der Waals surface area contributed by atoms with Crippen LogP contribution in [-0.2, 0) is 37.8 Å². The van der Waals surface area contributed by atoms with Crippen LogP contribution in [0.15, 0.2) is 0 Å². The molecular weight excluding hydrogens is 157 g/mol. The minimum atomic E-state index is 0. The van der Waals surface area contributed by atoms with E-state index in [-0.39, 0.29) is 19.5 Å². The van der Waals surface area contributed by atoms with Crippen molar-refractivity contribution >= 4 is 0 Å². The van der Waals surface area contributed by atoms with Crippen LogP contribution >= 0.6 is 0 Å². The minimum Gasteiger partial charge on any atom is 0 e. The summed E-state index contributed by atoms with van der Waals surface area (Å²) in [6, 6.07) is 0. The van der Waals surface area contributed by atoms with Crippen LogP contribution in [-0.4, -0.2) is 0 Å². The Morgan fingerprint density at radius 3 is 1.75 bits per heavy atom. The molecule has 0 rings (SSSR count). The first-order chi connectivity index (χ1) is 1.41. The summed E-state index contributed by atoms with van der Waals surface area (Å²) in [5.41, 5.74) is 0. The smallest absolute Gasteiger partial charge is 0 e. The van der Waals surface area contributed by atoms with Crippen molar-refractivity contribution in [2.75, 3.05) is 0 Å². The third-order valence-electron chi connectivity index (χ3n) is 0. The van der Waals surface area contributed by atoms with E-state index in [2.05, 4.69) is 0 Å². The van der Waals surface area contributed by atoms with Gasteiger partial charge in [0.25, 0.3) is 0 Å². The maximum Gasteiger partial charge on any atom is 0 e. The van der Waals surface area contributed by atoms with Gasteiger partial charge in [-0.1, -0.05) is 0 Å². The van der Waals surface area contributed by atoms with E-state index in [1.54, 1.807) is 0 Å². The summed E-state index contributed by atoms with van der Waals surface area (Å²) in [5, 5.41) is 7.38. The second kappa shape index (κ2) is 9.28. The first kappa shape index (κ1) is 8.83. The average molecular weight is 157 g/mol. The second-order valence-electron chi connectivity index (χ2n) is 0.158. The van der Waals surface area contributed by atoms with Crippen molar-refractivity contribution in [1.29, 1.82) is 5.26 Å². The van der Waals surface area contributed by atoms with E-state index in [0.717, 1.165) is 18.3 Å². The Morgan fingerprint density at radius 1 is 1.75 bits per heavy atom. The van der Waals surface area contributed by atoms with Gasteiger partial charge in [-0.25, -0.2) is 0 Å². The molecule has 4 heavy (non-hydrogen) atoms. The summed E-state index contributed by atoms with van der Waals surface area (Å²) >= 11 is 0.750. The maximum atomic E-state index is 7.38. The molecule has 1 nitrogen and oxygen atoms in total. The summed E-state index contributed by atoms with van der Waals surface area (Å²) in [6.45, 7) is 0. The van der Waals surface area contributed by atoms with Crippen molar-refractivity contribution in [3.63, 3.8) is 0 Å². The molecule has 0 N–H and O–H groups in total. The molecule has 0 aromatic heterocycles. The number of nitriles is 1. The van der Waals surface area contributed by atoms with Gasteiger partial charge in [-0.15, -0.1) is 0 Å². The normalized spacial score (nSPS) is 2.25. The molecular formula is CNZn2. The zero-order chi connectivity index (χ0) is 2.71. The molecule has 0 atom stereocenters. The van der Waals surface area contributed by atoms with Crippen LogP contribution in [0, 0.1) is 9.93 Å². The number of nitrogens with zero attached hydrogens (tertiary/aromatic N) is 1. The van der Waals surface area contributed by atoms with Gasteiger partial charge in [-0.2, -0.15) is 0 Å². The predicted octanol–water partition coefficient (Wildman–Crippen LogP) is 0.0118. The molecule has 0 fully saturated rings. The molecule has 0 saturated carbocycles. The quantitative estimate of drug-likeness (QED) is 0.454. The Bertz CT molecular complexity index is 27.5. The monoisotopic (exact) mass is 154 g/mol. The second-order valence-corrected chi connectivity index (χ2v) is 0.822. The van der Waals surface area contributed by atoms with Crippen LogP contribution < -0.4 is 0 Å². The zero-order valence-corrected chi connectivity index (χ0v) is 8.30. The van der Waals surface area contributed by atoms with Crippen molar-refractivity contribution in [2.24, 2.45) is 0 Å². The summed E-state index contributed by atoms with van der Waals surface area (Å²) in [4.78, 5) is 0. The molecule has 0 aliphatic carbocycles. The Labute approximate surface area is 47.8 Å². The van der Waals surface area contributed by atoms with Crippen molar-refractivity contribution in [3.05, 3.63) is 0 Å². The number of rotatable bonds is 0. The van der Waals surface area contributed by atoms with E-state index in [0.29, 0.717) is 0 Å². The molecule has 0 unspecified atom stereocenters. The molecule has 0 aromatic rings. The Kier molecular flexibility index (Phi) is 20.5. The van der Waals surface area contributed by atoms with E-state index in [1.165, 1.54) is 0 Å². The SMILES string of the molecule is N#[C][Zn].[Zn]. The van der Waals surface area contributed by atoms with Gasteiger partial charge in [0.2, 0.25) is 0 Å². The average Bonchev–Trinajstić information content (AvgIpc) is 0.918. The molecule has 0 aliphatic heterocycles. The molecule has 0 radical (unpaired) electrons. The Morgan fingerprint density at radius 2 is 1.75 bits per heavy atom. The molecule has 0 bridgehead atoms. The third kappa shape index (κ3) is 15.2. The molecule has 13 valence electrons. The van der Waals surface area contributed by atoms with Crippen LogP contribution in [0.4, 0.5) is 0 Å². The van der Waals surface area contributed by atoms with E-state index in [1.807, 2.05) is 4.66 Å². The van der Waals surface area contributed by atoms with Gasteiger partial charge < -0.3 is 0 Å². The van der Waals surface area contributed by atoms with E-state index >= 15 is 0 Å². The Balaban J connectivity index is 0. The van der Waals surface area contributed by atoms with Crippen LogP contribution in [0.3, 0.4) is 0 Å². The summed E-state index contributed by atoms with van der Waals surface area (Å²) in [5.74, 6) is 0. The molecule has 0 aliphatic rings. The summed E-state index contributed by atoms with van der Waals surface area (Å²) < 4.78 is 1.88. The van der Waals surface area contributed by atoms with Gasteiger partial charge >= 0.3 is 28.2 Å². The maximum absolute atomic E-state index is 7.38. The summed E-state index contributed by atoms with van der Waals surface area (Å²) in [7, 11) is 0.